The van der Waals surface area contributed by atoms with Gasteiger partial charge in [0.05, 0.1) is 6.61 Å². The Labute approximate surface area is 143 Å². The fourth-order valence-corrected chi connectivity index (χ4v) is 3.86. The molecule has 1 aliphatic heterocycles. The number of nitrogens with one attached hydrogen (secondary N) is 1. The largest absolute Gasteiger partial charge is 0.363 e. The molecule has 25 heavy (non-hydrogen) atoms. The van der Waals surface area contributed by atoms with Crippen LogP contribution in [0.4, 0.5) is 8.78 Å². The molecule has 0 spiro atoms. The Balaban J connectivity index is 1.79. The minimum absolute atomic E-state index is 0.275. The summed E-state index contributed by atoms with van der Waals surface area (Å²) in [5, 5.41) is 0. The van der Waals surface area contributed by atoms with Crippen molar-refractivity contribution in [1.29, 1.82) is 0 Å². The molecule has 0 saturated carbocycles. The molecular formula is C17H15F2NO4S. The van der Waals surface area contributed by atoms with Crippen molar-refractivity contribution in [1.82, 2.24) is 4.72 Å². The summed E-state index contributed by atoms with van der Waals surface area (Å²) in [4.78, 5) is 12.3. The summed E-state index contributed by atoms with van der Waals surface area (Å²) in [5.74, 6) is -3.84. The quantitative estimate of drug-likeness (QED) is 0.900. The monoisotopic (exact) mass is 367 g/mol. The molecule has 0 radical (unpaired) electrons. The maximum Gasteiger partial charge on any atom is 0.267 e. The van der Waals surface area contributed by atoms with Gasteiger partial charge in [0.2, 0.25) is 10.0 Å². The van der Waals surface area contributed by atoms with E-state index in [1.807, 2.05) is 16.9 Å². The van der Waals surface area contributed by atoms with Crippen molar-refractivity contribution in [2.24, 2.45) is 0 Å². The van der Waals surface area contributed by atoms with Gasteiger partial charge in [-0.05, 0) is 29.7 Å². The summed E-state index contributed by atoms with van der Waals surface area (Å²) in [6.07, 6.45) is -0.460. The molecule has 2 aromatic carbocycles. The van der Waals surface area contributed by atoms with E-state index in [1.54, 1.807) is 12.1 Å². The number of rotatable bonds is 4. The van der Waals surface area contributed by atoms with Crippen molar-refractivity contribution >= 4 is 15.9 Å². The molecule has 8 heteroatoms. The molecule has 1 atom stereocenters. The third kappa shape index (κ3) is 3.85. The average Bonchev–Trinajstić information content (AvgIpc) is 2.57. The molecule has 0 unspecified atom stereocenters. The molecule has 1 amide bonds. The number of amides is 1. The number of benzene rings is 2. The Morgan fingerprint density at radius 2 is 1.80 bits per heavy atom. The van der Waals surface area contributed by atoms with Gasteiger partial charge in [0.15, 0.2) is 6.10 Å². The molecule has 0 saturated heterocycles. The summed E-state index contributed by atoms with van der Waals surface area (Å²) in [5.41, 5.74) is 0.859. The van der Waals surface area contributed by atoms with Gasteiger partial charge in [-0.25, -0.2) is 17.2 Å². The molecule has 0 fully saturated rings. The lowest BCUT2D eigenvalue weighted by Gasteiger charge is -2.25. The second-order valence-corrected chi connectivity index (χ2v) is 7.35. The minimum atomic E-state index is -4.29. The van der Waals surface area contributed by atoms with Crippen molar-refractivity contribution in [3.63, 3.8) is 0 Å². The van der Waals surface area contributed by atoms with Gasteiger partial charge in [0.1, 0.15) is 17.4 Å². The van der Waals surface area contributed by atoms with E-state index in [9.17, 15) is 22.0 Å². The minimum Gasteiger partial charge on any atom is -0.363 e. The number of fused-ring (bicyclic) bond motifs is 1. The lowest BCUT2D eigenvalue weighted by molar-refractivity contribution is -0.132. The van der Waals surface area contributed by atoms with Gasteiger partial charge in [-0.15, -0.1) is 0 Å². The molecule has 5 nitrogen and oxygen atoms in total. The number of sulfonamides is 1. The highest BCUT2D eigenvalue weighted by Gasteiger charge is 2.30. The normalized spacial score (nSPS) is 17.0. The van der Waals surface area contributed by atoms with Crippen LogP contribution in [0.5, 0.6) is 0 Å². The van der Waals surface area contributed by atoms with Crippen LogP contribution in [0, 0.1) is 11.6 Å². The number of hydrogen-bond donors (Lipinski definition) is 1. The van der Waals surface area contributed by atoms with Gasteiger partial charge in [-0.3, -0.25) is 9.52 Å². The van der Waals surface area contributed by atoms with Gasteiger partial charge < -0.3 is 4.74 Å². The van der Waals surface area contributed by atoms with Crippen molar-refractivity contribution in [3.8, 4) is 0 Å². The maximum absolute atomic E-state index is 13.6. The highest BCUT2D eigenvalue weighted by molar-refractivity contribution is 7.89. The summed E-state index contributed by atoms with van der Waals surface area (Å²) in [6, 6.07) is 10.1. The highest BCUT2D eigenvalue weighted by atomic mass is 32.2. The number of ether oxygens (including phenoxy) is 1. The lowest BCUT2D eigenvalue weighted by Crippen LogP contribution is -2.38. The first-order valence-corrected chi connectivity index (χ1v) is 9.19. The number of hydrogen-bond acceptors (Lipinski definition) is 4. The Morgan fingerprint density at radius 1 is 1.12 bits per heavy atom. The molecule has 0 aliphatic carbocycles. The van der Waals surface area contributed by atoms with E-state index in [2.05, 4.69) is 0 Å². The first kappa shape index (κ1) is 17.5. The molecule has 3 rings (SSSR count). The number of halogens is 2. The molecule has 0 aromatic heterocycles. The van der Waals surface area contributed by atoms with E-state index in [-0.39, 0.29) is 6.61 Å². The van der Waals surface area contributed by atoms with Crippen LogP contribution in [-0.4, -0.2) is 20.9 Å². The molecular weight excluding hydrogens is 352 g/mol. The van der Waals surface area contributed by atoms with Crippen LogP contribution in [0.3, 0.4) is 0 Å². The summed E-state index contributed by atoms with van der Waals surface area (Å²) >= 11 is 0. The summed E-state index contributed by atoms with van der Waals surface area (Å²) in [7, 11) is -4.29. The molecule has 0 bridgehead atoms. The fraction of sp³-hybridized carbons (Fsp3) is 0.235. The number of carbonyl (C=O) groups excluding carboxylic acids is 1. The van der Waals surface area contributed by atoms with E-state index >= 15 is 0 Å². The van der Waals surface area contributed by atoms with E-state index < -0.39 is 45.0 Å². The second kappa shape index (κ2) is 6.89. The van der Waals surface area contributed by atoms with Gasteiger partial charge >= 0.3 is 0 Å². The summed E-state index contributed by atoms with van der Waals surface area (Å²) < 4.78 is 58.8. The molecule has 1 heterocycles. The fourth-order valence-electron chi connectivity index (χ4n) is 2.71. The van der Waals surface area contributed by atoms with Gasteiger partial charge in [-0.1, -0.05) is 30.3 Å². The number of carbonyl (C=O) groups is 1. The van der Waals surface area contributed by atoms with Crippen LogP contribution >= 0.6 is 0 Å². The van der Waals surface area contributed by atoms with Crippen molar-refractivity contribution in [2.75, 3.05) is 6.61 Å². The molecule has 1 N–H and O–H groups in total. The highest BCUT2D eigenvalue weighted by Crippen LogP contribution is 2.27. The van der Waals surface area contributed by atoms with Crippen LogP contribution in [0.1, 0.15) is 22.8 Å². The standard InChI is InChI=1S/C17H15F2NO4S/c18-14-6-3-7-15(19)13(14)10-25(22,23)20-17(21)16-12-5-2-1-4-11(12)8-9-24-16/h1-7,16H,8-10H2,(H,20,21)/t16-/m1/s1. The van der Waals surface area contributed by atoms with Crippen molar-refractivity contribution in [3.05, 3.63) is 70.8 Å². The van der Waals surface area contributed by atoms with E-state index in [4.69, 9.17) is 4.74 Å². The maximum atomic E-state index is 13.6. The van der Waals surface area contributed by atoms with E-state index in [0.29, 0.717) is 12.0 Å². The Kier molecular flexibility index (Phi) is 4.82. The van der Waals surface area contributed by atoms with Crippen LogP contribution in [0.25, 0.3) is 0 Å². The third-order valence-corrected chi connectivity index (χ3v) is 5.06. The Hall–Kier alpha value is -2.32. The first-order valence-electron chi connectivity index (χ1n) is 7.54. The molecule has 1 aliphatic rings. The summed E-state index contributed by atoms with van der Waals surface area (Å²) in [6.45, 7) is 0.275. The van der Waals surface area contributed by atoms with Gasteiger partial charge in [0, 0.05) is 5.56 Å². The predicted octanol–water partition coefficient (Wildman–Crippen LogP) is 2.22. The zero-order chi connectivity index (χ0) is 18.0. The Bertz CT molecular complexity index is 894. The van der Waals surface area contributed by atoms with E-state index in [1.165, 1.54) is 0 Å². The lowest BCUT2D eigenvalue weighted by atomic mass is 9.97. The second-order valence-electron chi connectivity index (χ2n) is 5.63. The van der Waals surface area contributed by atoms with Gasteiger partial charge in [-0.2, -0.15) is 0 Å². The SMILES string of the molecule is O=C(NS(=O)(=O)Cc1c(F)cccc1F)[C@@H]1OCCc2ccccc21. The first-order chi connectivity index (χ1) is 11.9. The van der Waals surface area contributed by atoms with Crippen molar-refractivity contribution < 1.29 is 26.7 Å². The third-order valence-electron chi connectivity index (χ3n) is 3.88. The smallest absolute Gasteiger partial charge is 0.267 e. The zero-order valence-electron chi connectivity index (χ0n) is 13.0. The van der Waals surface area contributed by atoms with Crippen LogP contribution in [-0.2, 0) is 31.7 Å². The van der Waals surface area contributed by atoms with Crippen LogP contribution < -0.4 is 4.72 Å². The predicted molar refractivity (Wildman–Crippen MR) is 86.0 cm³/mol. The van der Waals surface area contributed by atoms with Gasteiger partial charge in [0.25, 0.3) is 5.91 Å². The van der Waals surface area contributed by atoms with E-state index in [0.717, 1.165) is 23.8 Å². The average molecular weight is 367 g/mol. The molecule has 132 valence electrons. The topological polar surface area (TPSA) is 72.5 Å². The van der Waals surface area contributed by atoms with Crippen molar-refractivity contribution in [2.45, 2.75) is 18.3 Å². The van der Waals surface area contributed by atoms with Crippen LogP contribution in [0.2, 0.25) is 0 Å². The zero-order valence-corrected chi connectivity index (χ0v) is 13.9. The molecule has 2 aromatic rings. The van der Waals surface area contributed by atoms with Crippen LogP contribution in [0.15, 0.2) is 42.5 Å². The Morgan fingerprint density at radius 3 is 2.52 bits per heavy atom.